The molecule has 1 unspecified atom stereocenters. The van der Waals surface area contributed by atoms with E-state index in [9.17, 15) is 8.42 Å². The molecule has 0 spiro atoms. The van der Waals surface area contributed by atoms with E-state index >= 15 is 0 Å². The average Bonchev–Trinajstić information content (AvgIpc) is 2.81. The largest absolute Gasteiger partial charge is 0.215 e. The molecule has 0 aromatic heterocycles. The summed E-state index contributed by atoms with van der Waals surface area (Å²) >= 11 is 0. The van der Waals surface area contributed by atoms with Crippen LogP contribution in [0, 0.1) is 17.2 Å². The molecule has 0 aliphatic heterocycles. The zero-order valence-corrected chi connectivity index (χ0v) is 8.63. The lowest BCUT2D eigenvalue weighted by Crippen LogP contribution is -2.39. The van der Waals surface area contributed by atoms with Crippen molar-refractivity contribution in [2.24, 2.45) is 5.92 Å². The minimum Gasteiger partial charge on any atom is -0.212 e. The van der Waals surface area contributed by atoms with Crippen LogP contribution in [-0.2, 0) is 10.0 Å². The van der Waals surface area contributed by atoms with Gasteiger partial charge < -0.3 is 0 Å². The van der Waals surface area contributed by atoms with Crippen LogP contribution in [0.1, 0.15) is 26.7 Å². The van der Waals surface area contributed by atoms with Gasteiger partial charge in [-0.05, 0) is 18.8 Å². The first kappa shape index (κ1) is 10.5. The van der Waals surface area contributed by atoms with Crippen LogP contribution >= 0.6 is 0 Å². The molecule has 0 radical (unpaired) electrons. The molecule has 0 bridgehead atoms. The molecular formula is C8H14N2O2S. The van der Waals surface area contributed by atoms with Crippen LogP contribution in [0.5, 0.6) is 0 Å². The highest BCUT2D eigenvalue weighted by Crippen LogP contribution is 2.27. The number of hydrogen-bond donors (Lipinski definition) is 1. The zero-order valence-electron chi connectivity index (χ0n) is 7.82. The molecule has 1 atom stereocenters. The van der Waals surface area contributed by atoms with E-state index in [0.717, 1.165) is 12.8 Å². The number of hydrogen-bond acceptors (Lipinski definition) is 3. The van der Waals surface area contributed by atoms with E-state index in [2.05, 4.69) is 4.72 Å². The van der Waals surface area contributed by atoms with Crippen LogP contribution in [0.4, 0.5) is 0 Å². The maximum Gasteiger partial charge on any atom is 0.215 e. The first-order valence-electron chi connectivity index (χ1n) is 4.38. The van der Waals surface area contributed by atoms with E-state index in [-0.39, 0.29) is 11.2 Å². The van der Waals surface area contributed by atoms with Gasteiger partial charge in [0, 0.05) is 0 Å². The highest BCUT2D eigenvalue weighted by atomic mass is 32.2. The summed E-state index contributed by atoms with van der Waals surface area (Å²) in [5.74, 6) is 0.0125. The molecule has 0 heterocycles. The van der Waals surface area contributed by atoms with Gasteiger partial charge >= 0.3 is 0 Å². The van der Waals surface area contributed by atoms with Gasteiger partial charge in [-0.3, -0.25) is 0 Å². The second kappa shape index (κ2) is 3.64. The Labute approximate surface area is 79.0 Å². The Morgan fingerprint density at radius 3 is 2.31 bits per heavy atom. The first-order valence-corrected chi connectivity index (χ1v) is 5.92. The fourth-order valence-electron chi connectivity index (χ4n) is 0.963. The Bertz CT molecular complexity index is 312. The lowest BCUT2D eigenvalue weighted by molar-refractivity contribution is 0.514. The summed E-state index contributed by atoms with van der Waals surface area (Å²) in [5, 5.41) is 8.44. The van der Waals surface area contributed by atoms with Crippen LogP contribution < -0.4 is 4.72 Å². The lowest BCUT2D eigenvalue weighted by atomic mass is 10.1. The average molecular weight is 202 g/mol. The molecule has 1 saturated carbocycles. The van der Waals surface area contributed by atoms with Crippen molar-refractivity contribution in [3.63, 3.8) is 0 Å². The van der Waals surface area contributed by atoms with Crippen LogP contribution in [0.3, 0.4) is 0 Å². The van der Waals surface area contributed by atoms with Crippen molar-refractivity contribution in [2.45, 2.75) is 38.0 Å². The SMILES string of the molecule is CC(C)C(C#N)NS(=O)(=O)C1CC1. The normalized spacial score (nSPS) is 19.8. The van der Waals surface area contributed by atoms with Gasteiger partial charge in [-0.15, -0.1) is 0 Å². The summed E-state index contributed by atoms with van der Waals surface area (Å²) < 4.78 is 25.2. The minimum absolute atomic E-state index is 0.0125. The maximum atomic E-state index is 11.4. The van der Waals surface area contributed by atoms with Crippen molar-refractivity contribution in [3.8, 4) is 6.07 Å². The third-order valence-corrected chi connectivity index (χ3v) is 3.99. The predicted molar refractivity (Wildman–Crippen MR) is 49.3 cm³/mol. The molecule has 13 heavy (non-hydrogen) atoms. The second-order valence-electron chi connectivity index (χ2n) is 3.71. The fraction of sp³-hybridized carbons (Fsp3) is 0.875. The summed E-state index contributed by atoms with van der Waals surface area (Å²) in [6.45, 7) is 3.65. The van der Waals surface area contributed by atoms with Crippen molar-refractivity contribution in [1.29, 1.82) is 5.26 Å². The Morgan fingerprint density at radius 2 is 2.00 bits per heavy atom. The third-order valence-electron chi connectivity index (χ3n) is 2.06. The van der Waals surface area contributed by atoms with Crippen molar-refractivity contribution in [2.75, 3.05) is 0 Å². The third kappa shape index (κ3) is 2.68. The molecular weight excluding hydrogens is 188 g/mol. The van der Waals surface area contributed by atoms with E-state index in [1.54, 1.807) is 0 Å². The molecule has 4 nitrogen and oxygen atoms in total. The molecule has 0 aromatic carbocycles. The highest BCUT2D eigenvalue weighted by molar-refractivity contribution is 7.90. The standard InChI is InChI=1S/C8H14N2O2S/c1-6(2)8(5-9)10-13(11,12)7-3-4-7/h6-8,10H,3-4H2,1-2H3. The molecule has 1 aliphatic rings. The molecule has 0 amide bonds. The Kier molecular flexibility index (Phi) is 2.94. The molecule has 0 aromatic rings. The van der Waals surface area contributed by atoms with Gasteiger partial charge in [0.1, 0.15) is 6.04 Å². The van der Waals surface area contributed by atoms with Gasteiger partial charge in [0.15, 0.2) is 0 Å². The quantitative estimate of drug-likeness (QED) is 0.726. The number of nitriles is 1. The molecule has 5 heteroatoms. The highest BCUT2D eigenvalue weighted by Gasteiger charge is 2.37. The molecule has 0 saturated heterocycles. The summed E-state index contributed by atoms with van der Waals surface area (Å²) in [6, 6.07) is 1.36. The predicted octanol–water partition coefficient (Wildman–Crippen LogP) is 0.616. The monoisotopic (exact) mass is 202 g/mol. The number of sulfonamides is 1. The number of rotatable bonds is 4. The zero-order chi connectivity index (χ0) is 10.1. The minimum atomic E-state index is -3.22. The van der Waals surface area contributed by atoms with Crippen LogP contribution in [-0.4, -0.2) is 19.7 Å². The van der Waals surface area contributed by atoms with E-state index in [1.807, 2.05) is 19.9 Å². The van der Waals surface area contributed by atoms with Gasteiger partial charge in [0.05, 0.1) is 11.3 Å². The van der Waals surface area contributed by atoms with E-state index in [0.29, 0.717) is 0 Å². The van der Waals surface area contributed by atoms with E-state index in [4.69, 9.17) is 5.26 Å². The lowest BCUT2D eigenvalue weighted by Gasteiger charge is -2.14. The summed E-state index contributed by atoms with van der Waals surface area (Å²) in [4.78, 5) is 0. The van der Waals surface area contributed by atoms with Crippen LogP contribution in [0.25, 0.3) is 0 Å². The fourth-order valence-corrected chi connectivity index (χ4v) is 2.59. The topological polar surface area (TPSA) is 70.0 Å². The van der Waals surface area contributed by atoms with Gasteiger partial charge in [-0.25, -0.2) is 8.42 Å². The van der Waals surface area contributed by atoms with Crippen molar-refractivity contribution < 1.29 is 8.42 Å². The van der Waals surface area contributed by atoms with Gasteiger partial charge in [0.2, 0.25) is 10.0 Å². The van der Waals surface area contributed by atoms with E-state index in [1.165, 1.54) is 0 Å². The molecule has 74 valence electrons. The summed E-state index contributed by atoms with van der Waals surface area (Å²) in [5.41, 5.74) is 0. The number of nitrogens with one attached hydrogen (secondary N) is 1. The summed E-state index contributed by atoms with van der Waals surface area (Å²) in [6.07, 6.45) is 1.46. The Balaban J connectivity index is 2.61. The van der Waals surface area contributed by atoms with E-state index < -0.39 is 16.1 Å². The number of nitrogens with zero attached hydrogens (tertiary/aromatic N) is 1. The first-order chi connectivity index (χ1) is 5.97. The van der Waals surface area contributed by atoms with Crippen LogP contribution in [0.15, 0.2) is 0 Å². The van der Waals surface area contributed by atoms with Crippen molar-refractivity contribution in [1.82, 2.24) is 4.72 Å². The van der Waals surface area contributed by atoms with Gasteiger partial charge in [0.25, 0.3) is 0 Å². The van der Waals surface area contributed by atoms with Crippen LogP contribution in [0.2, 0.25) is 0 Å². The molecule has 1 aliphatic carbocycles. The van der Waals surface area contributed by atoms with Gasteiger partial charge in [-0.1, -0.05) is 13.8 Å². The van der Waals surface area contributed by atoms with Gasteiger partial charge in [-0.2, -0.15) is 9.98 Å². The maximum absolute atomic E-state index is 11.4. The Hall–Kier alpha value is -0.600. The van der Waals surface area contributed by atoms with Crippen molar-refractivity contribution in [3.05, 3.63) is 0 Å². The molecule has 1 rings (SSSR count). The molecule has 1 fully saturated rings. The summed E-state index contributed by atoms with van der Waals surface area (Å²) in [7, 11) is -3.22. The Morgan fingerprint density at radius 1 is 1.46 bits per heavy atom. The molecule has 1 N–H and O–H groups in total. The second-order valence-corrected chi connectivity index (χ2v) is 5.71. The smallest absolute Gasteiger partial charge is 0.212 e. The van der Waals surface area contributed by atoms with Crippen molar-refractivity contribution >= 4 is 10.0 Å².